The number of methoxy groups -OCH3 is 2. The lowest BCUT2D eigenvalue weighted by Crippen LogP contribution is -2.49. The summed E-state index contributed by atoms with van der Waals surface area (Å²) >= 11 is 0. The molecule has 6 rings (SSSR count). The molecule has 0 aliphatic carbocycles. The number of carbonyl (C=O) groups is 2. The molecule has 2 heterocycles. The van der Waals surface area contributed by atoms with Crippen LogP contribution in [-0.4, -0.2) is 48.5 Å². The lowest BCUT2D eigenvalue weighted by molar-refractivity contribution is -0.126. The van der Waals surface area contributed by atoms with E-state index in [0.29, 0.717) is 36.4 Å². The minimum Gasteiger partial charge on any atom is -0.493 e. The average Bonchev–Trinajstić information content (AvgIpc) is 3.58. The number of H-pyrrole nitrogens is 1. The first-order valence-electron chi connectivity index (χ1n) is 15.9. The summed E-state index contributed by atoms with van der Waals surface area (Å²) in [6.45, 7) is 6.68. The van der Waals surface area contributed by atoms with Gasteiger partial charge in [0.25, 0.3) is 5.91 Å². The maximum absolute atomic E-state index is 14.4. The minimum absolute atomic E-state index is 0.124. The molecule has 0 bridgehead atoms. The van der Waals surface area contributed by atoms with Crippen LogP contribution in [-0.2, 0) is 11.2 Å². The zero-order valence-corrected chi connectivity index (χ0v) is 27.1. The maximum Gasteiger partial charge on any atom is 0.255 e. The largest absolute Gasteiger partial charge is 0.493 e. The fourth-order valence-corrected chi connectivity index (χ4v) is 6.63. The molecule has 5 aromatic rings. The lowest BCUT2D eigenvalue weighted by atomic mass is 9.91. The molecule has 0 saturated carbocycles. The molecule has 1 aliphatic heterocycles. The van der Waals surface area contributed by atoms with Gasteiger partial charge in [-0.2, -0.15) is 0 Å². The van der Waals surface area contributed by atoms with Crippen molar-refractivity contribution in [2.75, 3.05) is 20.8 Å². The van der Waals surface area contributed by atoms with Crippen LogP contribution in [0.15, 0.2) is 91.0 Å². The van der Waals surface area contributed by atoms with E-state index in [0.717, 1.165) is 38.9 Å². The Morgan fingerprint density at radius 2 is 1.63 bits per heavy atom. The fourth-order valence-electron chi connectivity index (χ4n) is 6.63. The highest BCUT2D eigenvalue weighted by Gasteiger charge is 2.45. The molecule has 0 radical (unpaired) electrons. The number of aromatic nitrogens is 1. The Morgan fingerprint density at radius 3 is 2.37 bits per heavy atom. The summed E-state index contributed by atoms with van der Waals surface area (Å²) in [6, 6.07) is 29.1. The van der Waals surface area contributed by atoms with Gasteiger partial charge in [0.1, 0.15) is 6.04 Å². The van der Waals surface area contributed by atoms with E-state index < -0.39 is 12.1 Å². The molecule has 236 valence electrons. The molecule has 4 aromatic carbocycles. The van der Waals surface area contributed by atoms with Crippen LogP contribution < -0.4 is 14.8 Å². The Balaban J connectivity index is 1.40. The molecule has 2 N–H and O–H groups in total. The highest BCUT2D eigenvalue weighted by atomic mass is 16.5. The zero-order valence-electron chi connectivity index (χ0n) is 27.1. The summed E-state index contributed by atoms with van der Waals surface area (Å²) in [5.74, 6) is 1.21. The monoisotopic (exact) mass is 615 g/mol. The molecular formula is C39H41N3O4. The number of hydrogen-bond donors (Lipinski definition) is 2. The number of hydrogen-bond acceptors (Lipinski definition) is 4. The van der Waals surface area contributed by atoms with Crippen LogP contribution in [0.4, 0.5) is 0 Å². The number of carbonyl (C=O) groups excluding carboxylic acids is 2. The number of nitrogens with one attached hydrogen (secondary N) is 2. The summed E-state index contributed by atoms with van der Waals surface area (Å²) in [7, 11) is 3.22. The zero-order chi connectivity index (χ0) is 32.4. The van der Waals surface area contributed by atoms with E-state index in [1.165, 1.54) is 5.56 Å². The van der Waals surface area contributed by atoms with Crippen LogP contribution in [0.2, 0.25) is 0 Å². The van der Waals surface area contributed by atoms with Crippen LogP contribution in [0.5, 0.6) is 11.5 Å². The molecule has 7 heteroatoms. The van der Waals surface area contributed by atoms with E-state index >= 15 is 0 Å². The van der Waals surface area contributed by atoms with E-state index in [1.54, 1.807) is 14.2 Å². The second-order valence-electron chi connectivity index (χ2n) is 12.4. The van der Waals surface area contributed by atoms with Crippen molar-refractivity contribution in [2.24, 2.45) is 5.92 Å². The first-order chi connectivity index (χ1) is 22.3. The predicted molar refractivity (Wildman–Crippen MR) is 182 cm³/mol. The molecule has 1 aromatic heterocycles. The van der Waals surface area contributed by atoms with Crippen molar-refractivity contribution < 1.29 is 19.1 Å². The summed E-state index contributed by atoms with van der Waals surface area (Å²) < 4.78 is 10.8. The van der Waals surface area contributed by atoms with Crippen molar-refractivity contribution in [1.82, 2.24) is 15.2 Å². The van der Waals surface area contributed by atoms with Crippen molar-refractivity contribution >= 4 is 22.7 Å². The van der Waals surface area contributed by atoms with Crippen molar-refractivity contribution in [3.05, 3.63) is 119 Å². The van der Waals surface area contributed by atoms with E-state index in [9.17, 15) is 9.59 Å². The average molecular weight is 616 g/mol. The van der Waals surface area contributed by atoms with E-state index in [2.05, 4.69) is 67.5 Å². The number of nitrogens with zero attached hydrogens (tertiary/aromatic N) is 1. The Morgan fingerprint density at radius 1 is 0.913 bits per heavy atom. The van der Waals surface area contributed by atoms with Crippen LogP contribution in [0.1, 0.15) is 58.9 Å². The lowest BCUT2D eigenvalue weighted by Gasteiger charge is -2.34. The van der Waals surface area contributed by atoms with Gasteiger partial charge in [0.2, 0.25) is 5.91 Å². The number of fused-ring (bicyclic) bond motifs is 2. The molecule has 46 heavy (non-hydrogen) atoms. The number of aromatic amines is 1. The Kier molecular flexibility index (Phi) is 8.84. The van der Waals surface area contributed by atoms with Gasteiger partial charge in [-0.15, -0.1) is 0 Å². The predicted octanol–water partition coefficient (Wildman–Crippen LogP) is 7.48. The van der Waals surface area contributed by atoms with E-state index in [4.69, 9.17) is 9.47 Å². The number of ether oxygens (including phenoxy) is 2. The molecule has 2 atom stereocenters. The number of rotatable bonds is 11. The summed E-state index contributed by atoms with van der Waals surface area (Å²) in [4.78, 5) is 34.1. The molecule has 0 fully saturated rings. The van der Waals surface area contributed by atoms with Gasteiger partial charge in [-0.1, -0.05) is 86.1 Å². The standard InChI is InChI=1S/C39H41N3O4/c1-24(2)22-32(38(43)40-21-20-26-16-19-33(45-4)34(23-26)46-5)42-37(28-10-6-7-11-29(28)39(42)44)35-30-12-8-9-13-31(30)41-36(35)27-17-14-25(3)15-18-27/h6-19,23-24,32,37,41H,20-22H2,1-5H3,(H,40,43). The fraction of sp³-hybridized carbons (Fsp3) is 0.282. The Bertz CT molecular complexity index is 1870. The minimum atomic E-state index is -0.671. The van der Waals surface area contributed by atoms with Crippen LogP contribution in [0, 0.1) is 12.8 Å². The Hall–Kier alpha value is -5.04. The Labute approximate surface area is 270 Å². The van der Waals surface area contributed by atoms with Crippen molar-refractivity contribution in [3.8, 4) is 22.8 Å². The van der Waals surface area contributed by atoms with Gasteiger partial charge in [0, 0.05) is 28.6 Å². The van der Waals surface area contributed by atoms with Gasteiger partial charge in [0.15, 0.2) is 11.5 Å². The maximum atomic E-state index is 14.4. The number of benzene rings is 4. The van der Waals surface area contributed by atoms with Gasteiger partial charge < -0.3 is 24.7 Å². The number of para-hydroxylation sites is 1. The topological polar surface area (TPSA) is 83.7 Å². The van der Waals surface area contributed by atoms with E-state index in [1.807, 2.05) is 59.5 Å². The molecular weight excluding hydrogens is 574 g/mol. The molecule has 2 amide bonds. The smallest absolute Gasteiger partial charge is 0.255 e. The molecule has 1 aliphatic rings. The molecule has 0 spiro atoms. The summed E-state index contributed by atoms with van der Waals surface area (Å²) in [5, 5.41) is 4.21. The quantitative estimate of drug-likeness (QED) is 0.161. The second kappa shape index (κ2) is 13.1. The normalized spacial score (nSPS) is 14.9. The van der Waals surface area contributed by atoms with Crippen LogP contribution >= 0.6 is 0 Å². The third-order valence-electron chi connectivity index (χ3n) is 8.85. The van der Waals surface area contributed by atoms with Crippen LogP contribution in [0.25, 0.3) is 22.2 Å². The SMILES string of the molecule is COc1ccc(CCNC(=O)C(CC(C)C)N2C(=O)c3ccccc3C2c2c(-c3ccc(C)cc3)[nH]c3ccccc23)cc1OC. The highest BCUT2D eigenvalue weighted by molar-refractivity contribution is 6.04. The van der Waals surface area contributed by atoms with Crippen molar-refractivity contribution in [2.45, 2.75) is 45.7 Å². The third-order valence-corrected chi connectivity index (χ3v) is 8.85. The summed E-state index contributed by atoms with van der Waals surface area (Å²) in [6.07, 6.45) is 1.14. The third kappa shape index (κ3) is 5.85. The van der Waals surface area contributed by atoms with Gasteiger partial charge in [-0.05, 0) is 66.6 Å². The van der Waals surface area contributed by atoms with Crippen molar-refractivity contribution in [3.63, 3.8) is 0 Å². The van der Waals surface area contributed by atoms with Gasteiger partial charge in [-0.3, -0.25) is 9.59 Å². The van der Waals surface area contributed by atoms with Gasteiger partial charge in [0.05, 0.1) is 26.0 Å². The van der Waals surface area contributed by atoms with Crippen molar-refractivity contribution in [1.29, 1.82) is 0 Å². The van der Waals surface area contributed by atoms with E-state index in [-0.39, 0.29) is 17.7 Å². The summed E-state index contributed by atoms with van der Waals surface area (Å²) in [5.41, 5.74) is 7.73. The molecule has 7 nitrogen and oxygen atoms in total. The van der Waals surface area contributed by atoms with Gasteiger partial charge >= 0.3 is 0 Å². The first kappa shape index (κ1) is 31.0. The number of aryl methyl sites for hydroxylation is 1. The van der Waals surface area contributed by atoms with Crippen LogP contribution in [0.3, 0.4) is 0 Å². The molecule has 0 saturated heterocycles. The number of amides is 2. The highest BCUT2D eigenvalue weighted by Crippen LogP contribution is 2.47. The molecule has 2 unspecified atom stereocenters. The first-order valence-corrected chi connectivity index (χ1v) is 15.9. The van der Waals surface area contributed by atoms with Gasteiger partial charge in [-0.25, -0.2) is 0 Å². The second-order valence-corrected chi connectivity index (χ2v) is 12.4.